The molecular formula is C44H48N6O8. The molecule has 0 spiro atoms. The van der Waals surface area contributed by atoms with E-state index in [0.29, 0.717) is 75.8 Å². The number of aryl methyl sites for hydroxylation is 1. The monoisotopic (exact) mass is 788 g/mol. The number of nitrogens with zero attached hydrogens (tertiary/aromatic N) is 3. The fraction of sp³-hybridized carbons (Fsp3) is 0.318. The van der Waals surface area contributed by atoms with Crippen molar-refractivity contribution < 1.29 is 38.2 Å². The minimum atomic E-state index is -0.646. The van der Waals surface area contributed by atoms with E-state index >= 15 is 0 Å². The number of anilines is 2. The van der Waals surface area contributed by atoms with Crippen LogP contribution in [0, 0.1) is 6.92 Å². The molecule has 58 heavy (non-hydrogen) atoms. The van der Waals surface area contributed by atoms with Gasteiger partial charge in [0.2, 0.25) is 0 Å². The lowest BCUT2D eigenvalue weighted by atomic mass is 10.1. The molecule has 0 saturated carbocycles. The van der Waals surface area contributed by atoms with E-state index in [9.17, 15) is 24.0 Å². The predicted octanol–water partition coefficient (Wildman–Crippen LogP) is 7.67. The van der Waals surface area contributed by atoms with E-state index in [2.05, 4.69) is 20.6 Å². The molecule has 14 heteroatoms. The number of rotatable bonds is 15. The maximum absolute atomic E-state index is 13.8. The minimum Gasteiger partial charge on any atom is -0.495 e. The van der Waals surface area contributed by atoms with Crippen molar-refractivity contribution in [2.75, 3.05) is 37.5 Å². The number of aromatic nitrogens is 2. The number of aromatic amines is 1. The molecule has 302 valence electrons. The average molecular weight is 789 g/mol. The number of benzene rings is 4. The SMILES string of the molecule is COc1cc(C(=O)N(C)c2ccc(C)cc2OCCCCCCN2C(=O)c3ccccc3C2=O)ccc1NC(=O)c1cccc2[nH]c(CNC(=O)OC(C)(C)C)nc12. The van der Waals surface area contributed by atoms with E-state index < -0.39 is 17.6 Å². The number of carbonyl (C=O) groups excluding carboxylic acids is 5. The van der Waals surface area contributed by atoms with Gasteiger partial charge in [0.1, 0.15) is 28.4 Å². The van der Waals surface area contributed by atoms with Crippen molar-refractivity contribution in [2.24, 2.45) is 0 Å². The summed E-state index contributed by atoms with van der Waals surface area (Å²) >= 11 is 0. The summed E-state index contributed by atoms with van der Waals surface area (Å²) in [7, 11) is 3.13. The molecule has 5 aromatic rings. The summed E-state index contributed by atoms with van der Waals surface area (Å²) in [5.74, 6) is 0.0646. The topological polar surface area (TPSA) is 172 Å². The molecule has 14 nitrogen and oxygen atoms in total. The lowest BCUT2D eigenvalue weighted by molar-refractivity contribution is 0.0520. The molecule has 0 saturated heterocycles. The molecule has 2 heterocycles. The summed E-state index contributed by atoms with van der Waals surface area (Å²) in [6.45, 7) is 8.14. The third-order valence-corrected chi connectivity index (χ3v) is 9.50. The summed E-state index contributed by atoms with van der Waals surface area (Å²) in [5, 5.41) is 5.54. The molecule has 0 fully saturated rings. The first-order valence-corrected chi connectivity index (χ1v) is 19.1. The van der Waals surface area contributed by atoms with Gasteiger partial charge in [0.15, 0.2) is 0 Å². The molecule has 4 aromatic carbocycles. The number of ether oxygens (including phenoxy) is 3. The molecule has 1 aliphatic rings. The maximum atomic E-state index is 13.8. The highest BCUT2D eigenvalue weighted by Crippen LogP contribution is 2.33. The predicted molar refractivity (Wildman–Crippen MR) is 220 cm³/mol. The van der Waals surface area contributed by atoms with Crippen LogP contribution in [0.15, 0.2) is 78.9 Å². The summed E-state index contributed by atoms with van der Waals surface area (Å²) in [6, 6.07) is 22.5. The first kappa shape index (κ1) is 40.9. The van der Waals surface area contributed by atoms with Crippen molar-refractivity contribution >= 4 is 52.1 Å². The van der Waals surface area contributed by atoms with Crippen molar-refractivity contribution in [1.29, 1.82) is 0 Å². The molecule has 0 aliphatic carbocycles. The Morgan fingerprint density at radius 2 is 1.59 bits per heavy atom. The first-order chi connectivity index (χ1) is 27.7. The van der Waals surface area contributed by atoms with E-state index in [1.807, 2.05) is 25.1 Å². The van der Waals surface area contributed by atoms with Crippen molar-refractivity contribution in [3.8, 4) is 11.5 Å². The number of carbonyl (C=O) groups is 5. The van der Waals surface area contributed by atoms with Crippen molar-refractivity contribution in [2.45, 2.75) is 65.5 Å². The third kappa shape index (κ3) is 9.45. The van der Waals surface area contributed by atoms with Crippen molar-refractivity contribution in [3.05, 3.63) is 113 Å². The van der Waals surface area contributed by atoms with E-state index in [0.717, 1.165) is 24.8 Å². The van der Waals surface area contributed by atoms with Crippen LogP contribution >= 0.6 is 0 Å². The average Bonchev–Trinajstić information content (AvgIpc) is 3.73. The van der Waals surface area contributed by atoms with Crippen LogP contribution in [0.1, 0.15) is 99.3 Å². The number of H-pyrrole nitrogens is 1. The number of hydrogen-bond donors (Lipinski definition) is 3. The quantitative estimate of drug-likeness (QED) is 0.0711. The Kier molecular flexibility index (Phi) is 12.4. The van der Waals surface area contributed by atoms with Crippen LogP contribution in [0.4, 0.5) is 16.2 Å². The van der Waals surface area contributed by atoms with Gasteiger partial charge < -0.3 is 34.7 Å². The van der Waals surface area contributed by atoms with Gasteiger partial charge in [-0.3, -0.25) is 24.1 Å². The highest BCUT2D eigenvalue weighted by atomic mass is 16.6. The van der Waals surface area contributed by atoms with E-state index in [-0.39, 0.29) is 30.0 Å². The van der Waals surface area contributed by atoms with Crippen LogP contribution in [0.2, 0.25) is 0 Å². The maximum Gasteiger partial charge on any atom is 0.408 e. The highest BCUT2D eigenvalue weighted by molar-refractivity contribution is 6.21. The number of fused-ring (bicyclic) bond motifs is 2. The number of methoxy groups -OCH3 is 1. The Bertz CT molecular complexity index is 2330. The number of imide groups is 1. The van der Waals surface area contributed by atoms with Gasteiger partial charge in [-0.05, 0) is 101 Å². The molecule has 0 radical (unpaired) electrons. The van der Waals surface area contributed by atoms with Crippen LogP contribution in [0.5, 0.6) is 11.5 Å². The summed E-state index contributed by atoms with van der Waals surface area (Å²) in [5.41, 5.74) is 3.86. The number of unbranched alkanes of at least 4 members (excludes halogenated alkanes) is 3. The zero-order chi connectivity index (χ0) is 41.6. The van der Waals surface area contributed by atoms with E-state index in [1.165, 1.54) is 16.9 Å². The van der Waals surface area contributed by atoms with E-state index in [1.54, 1.807) is 88.5 Å². The smallest absolute Gasteiger partial charge is 0.408 e. The normalized spacial score (nSPS) is 12.3. The highest BCUT2D eigenvalue weighted by Gasteiger charge is 2.34. The van der Waals surface area contributed by atoms with Gasteiger partial charge in [-0.15, -0.1) is 0 Å². The van der Waals surface area contributed by atoms with Crippen LogP contribution in [0.25, 0.3) is 11.0 Å². The van der Waals surface area contributed by atoms with Gasteiger partial charge in [-0.1, -0.05) is 37.1 Å². The second-order valence-electron chi connectivity index (χ2n) is 15.0. The Morgan fingerprint density at radius 3 is 2.29 bits per heavy atom. The number of amides is 5. The summed E-state index contributed by atoms with van der Waals surface area (Å²) < 4.78 is 17.1. The molecule has 5 amide bonds. The Hall–Kier alpha value is -6.70. The lowest BCUT2D eigenvalue weighted by Gasteiger charge is -2.22. The van der Waals surface area contributed by atoms with Crippen LogP contribution in [-0.2, 0) is 11.3 Å². The molecule has 3 N–H and O–H groups in total. The molecule has 1 aromatic heterocycles. The first-order valence-electron chi connectivity index (χ1n) is 19.1. The fourth-order valence-electron chi connectivity index (χ4n) is 6.60. The Morgan fingerprint density at radius 1 is 0.862 bits per heavy atom. The molecule has 0 bridgehead atoms. The zero-order valence-electron chi connectivity index (χ0n) is 33.6. The van der Waals surface area contributed by atoms with Gasteiger partial charge in [-0.2, -0.15) is 0 Å². The Balaban J connectivity index is 1.04. The Labute approximate surface area is 336 Å². The van der Waals surface area contributed by atoms with Crippen LogP contribution < -0.4 is 25.0 Å². The van der Waals surface area contributed by atoms with Gasteiger partial charge in [-0.25, -0.2) is 9.78 Å². The van der Waals surface area contributed by atoms with Gasteiger partial charge in [0.05, 0.1) is 53.8 Å². The van der Waals surface area contributed by atoms with Crippen molar-refractivity contribution in [1.82, 2.24) is 20.2 Å². The zero-order valence-corrected chi connectivity index (χ0v) is 33.6. The fourth-order valence-corrected chi connectivity index (χ4v) is 6.60. The summed E-state index contributed by atoms with van der Waals surface area (Å²) in [6.07, 6.45) is 2.52. The molecule has 1 aliphatic heterocycles. The molecular weight excluding hydrogens is 741 g/mol. The van der Waals surface area contributed by atoms with Gasteiger partial charge in [0, 0.05) is 19.2 Å². The van der Waals surface area contributed by atoms with Gasteiger partial charge >= 0.3 is 6.09 Å². The van der Waals surface area contributed by atoms with E-state index in [4.69, 9.17) is 14.2 Å². The number of para-hydroxylation sites is 1. The van der Waals surface area contributed by atoms with Crippen LogP contribution in [-0.4, -0.2) is 77.5 Å². The van der Waals surface area contributed by atoms with Gasteiger partial charge in [0.25, 0.3) is 23.6 Å². The summed E-state index contributed by atoms with van der Waals surface area (Å²) in [4.78, 5) is 75.3. The number of imidazole rings is 1. The molecule has 6 rings (SSSR count). The molecule has 0 unspecified atom stereocenters. The number of hydrogen-bond acceptors (Lipinski definition) is 9. The van der Waals surface area contributed by atoms with Crippen LogP contribution in [0.3, 0.4) is 0 Å². The molecule has 0 atom stereocenters. The number of alkyl carbamates (subject to hydrolysis) is 1. The van der Waals surface area contributed by atoms with Crippen molar-refractivity contribution in [3.63, 3.8) is 0 Å². The largest absolute Gasteiger partial charge is 0.495 e. The standard InChI is InChI=1S/C44H48N6O8/c1-27-18-21-34(36(24-27)57-23-12-8-7-11-22-50-41(53)29-14-9-10-15-30(29)42(50)54)49(5)40(52)28-19-20-32(35(25-28)56-6)47-39(51)31-16-13-17-33-38(31)48-37(46-33)26-45-43(55)58-44(2,3)4/h9-10,13-21,24-25H,7-8,11-12,22-23,26H2,1-6H3,(H,45,55)(H,46,48)(H,47,51). The number of nitrogens with one attached hydrogen (secondary N) is 3. The second-order valence-corrected chi connectivity index (χ2v) is 15.0. The third-order valence-electron chi connectivity index (χ3n) is 9.50. The lowest BCUT2D eigenvalue weighted by Crippen LogP contribution is -2.32. The minimum absolute atomic E-state index is 0.0733. The second kappa shape index (κ2) is 17.6.